The molecule has 1 unspecified atom stereocenters. The number of benzene rings is 1. The molecule has 4 nitrogen and oxygen atoms in total. The van der Waals surface area contributed by atoms with Gasteiger partial charge in [-0.2, -0.15) is 0 Å². The van der Waals surface area contributed by atoms with E-state index in [-0.39, 0.29) is 5.60 Å². The third-order valence-electron chi connectivity index (χ3n) is 3.03. The molecular formula is C14H23NO3. The summed E-state index contributed by atoms with van der Waals surface area (Å²) in [4.78, 5) is 0. The molecule has 0 saturated carbocycles. The molecule has 1 aromatic carbocycles. The van der Waals surface area contributed by atoms with Crippen LogP contribution in [0.25, 0.3) is 0 Å². The van der Waals surface area contributed by atoms with Crippen molar-refractivity contribution in [2.75, 3.05) is 27.8 Å². The predicted molar refractivity (Wildman–Crippen MR) is 72.8 cm³/mol. The van der Waals surface area contributed by atoms with Crippen LogP contribution in [0.5, 0.6) is 17.2 Å². The lowest BCUT2D eigenvalue weighted by atomic mass is 10.0. The number of methoxy groups -OCH3 is 2. The number of hydrogen-bond donors (Lipinski definition) is 1. The van der Waals surface area contributed by atoms with E-state index >= 15 is 0 Å². The number of likely N-dealkylation sites (N-methyl/N-ethyl adjacent to an activating group) is 1. The van der Waals surface area contributed by atoms with Gasteiger partial charge in [-0.15, -0.1) is 0 Å². The molecule has 0 aliphatic heterocycles. The van der Waals surface area contributed by atoms with Crippen molar-refractivity contribution < 1.29 is 14.2 Å². The monoisotopic (exact) mass is 253 g/mol. The highest BCUT2D eigenvalue weighted by atomic mass is 16.5. The molecule has 0 aliphatic carbocycles. The Labute approximate surface area is 109 Å². The van der Waals surface area contributed by atoms with Crippen molar-refractivity contribution in [3.8, 4) is 17.2 Å². The Morgan fingerprint density at radius 1 is 1.17 bits per heavy atom. The Bertz CT molecular complexity index is 359. The highest BCUT2D eigenvalue weighted by Crippen LogP contribution is 2.39. The largest absolute Gasteiger partial charge is 0.493 e. The second kappa shape index (κ2) is 6.50. The zero-order valence-electron chi connectivity index (χ0n) is 11.9. The van der Waals surface area contributed by atoms with Gasteiger partial charge in [0.05, 0.1) is 14.2 Å². The Morgan fingerprint density at radius 3 is 2.11 bits per heavy atom. The SMILES string of the molecule is CCC(C)(CNC)Oc1c(OC)cccc1OC. The maximum absolute atomic E-state index is 6.12. The molecule has 1 N–H and O–H groups in total. The van der Waals surface area contributed by atoms with E-state index in [9.17, 15) is 0 Å². The van der Waals surface area contributed by atoms with Gasteiger partial charge in [-0.25, -0.2) is 0 Å². The molecule has 0 bridgehead atoms. The first-order valence-electron chi connectivity index (χ1n) is 6.14. The number of hydrogen-bond acceptors (Lipinski definition) is 4. The third kappa shape index (κ3) is 3.29. The molecule has 0 fully saturated rings. The van der Waals surface area contributed by atoms with Crippen molar-refractivity contribution in [2.45, 2.75) is 25.9 Å². The van der Waals surface area contributed by atoms with Crippen molar-refractivity contribution in [1.29, 1.82) is 0 Å². The van der Waals surface area contributed by atoms with Crippen LogP contribution < -0.4 is 19.5 Å². The van der Waals surface area contributed by atoms with Gasteiger partial charge in [0, 0.05) is 6.54 Å². The van der Waals surface area contributed by atoms with Crippen LogP contribution in [0.3, 0.4) is 0 Å². The molecular weight excluding hydrogens is 230 g/mol. The Morgan fingerprint density at radius 2 is 1.72 bits per heavy atom. The van der Waals surface area contributed by atoms with Crippen LogP contribution in [-0.4, -0.2) is 33.4 Å². The van der Waals surface area contributed by atoms with Crippen molar-refractivity contribution in [3.05, 3.63) is 18.2 Å². The summed E-state index contributed by atoms with van der Waals surface area (Å²) in [5.41, 5.74) is -0.295. The van der Waals surface area contributed by atoms with Gasteiger partial charge in [-0.3, -0.25) is 0 Å². The molecule has 0 amide bonds. The van der Waals surface area contributed by atoms with E-state index in [0.29, 0.717) is 17.2 Å². The van der Waals surface area contributed by atoms with Crippen LogP contribution in [0.1, 0.15) is 20.3 Å². The van der Waals surface area contributed by atoms with Crippen LogP contribution in [-0.2, 0) is 0 Å². The molecule has 4 heteroatoms. The van der Waals surface area contributed by atoms with Crippen molar-refractivity contribution in [3.63, 3.8) is 0 Å². The molecule has 0 aromatic heterocycles. The smallest absolute Gasteiger partial charge is 0.204 e. The Balaban J connectivity index is 3.07. The molecule has 0 radical (unpaired) electrons. The van der Waals surface area contributed by atoms with Gasteiger partial charge in [-0.05, 0) is 32.5 Å². The van der Waals surface area contributed by atoms with Crippen LogP contribution in [0, 0.1) is 0 Å². The van der Waals surface area contributed by atoms with Gasteiger partial charge >= 0.3 is 0 Å². The highest BCUT2D eigenvalue weighted by Gasteiger charge is 2.26. The Hall–Kier alpha value is -1.42. The van der Waals surface area contributed by atoms with Gasteiger partial charge in [-0.1, -0.05) is 13.0 Å². The molecule has 18 heavy (non-hydrogen) atoms. The van der Waals surface area contributed by atoms with E-state index < -0.39 is 0 Å². The van der Waals surface area contributed by atoms with Gasteiger partial charge in [0.2, 0.25) is 5.75 Å². The molecule has 1 rings (SSSR count). The minimum atomic E-state index is -0.295. The Kier molecular flexibility index (Phi) is 5.28. The van der Waals surface area contributed by atoms with Gasteiger partial charge in [0.1, 0.15) is 5.60 Å². The summed E-state index contributed by atoms with van der Waals surface area (Å²) < 4.78 is 16.8. The number of nitrogens with one attached hydrogen (secondary N) is 1. The van der Waals surface area contributed by atoms with E-state index in [1.165, 1.54) is 0 Å². The van der Waals surface area contributed by atoms with Crippen LogP contribution in [0.2, 0.25) is 0 Å². The van der Waals surface area contributed by atoms with E-state index in [1.807, 2.05) is 25.2 Å². The third-order valence-corrected chi connectivity index (χ3v) is 3.03. The maximum atomic E-state index is 6.12. The molecule has 0 aliphatic rings. The van der Waals surface area contributed by atoms with Crippen molar-refractivity contribution in [1.82, 2.24) is 5.32 Å². The number of ether oxygens (including phenoxy) is 3. The maximum Gasteiger partial charge on any atom is 0.204 e. The number of para-hydroxylation sites is 1. The molecule has 0 spiro atoms. The predicted octanol–water partition coefficient (Wildman–Crippen LogP) is 2.47. The summed E-state index contributed by atoms with van der Waals surface area (Å²) >= 11 is 0. The van der Waals surface area contributed by atoms with Crippen LogP contribution in [0.15, 0.2) is 18.2 Å². The van der Waals surface area contributed by atoms with E-state index in [0.717, 1.165) is 13.0 Å². The summed E-state index contributed by atoms with van der Waals surface area (Å²) in [6.07, 6.45) is 0.884. The zero-order valence-corrected chi connectivity index (χ0v) is 11.9. The van der Waals surface area contributed by atoms with Gasteiger partial charge < -0.3 is 19.5 Å². The lowest BCUT2D eigenvalue weighted by molar-refractivity contribution is 0.0783. The number of rotatable bonds is 7. The van der Waals surface area contributed by atoms with Crippen molar-refractivity contribution in [2.24, 2.45) is 0 Å². The quantitative estimate of drug-likeness (QED) is 0.810. The molecule has 1 aromatic rings. The minimum absolute atomic E-state index is 0.295. The second-order valence-corrected chi connectivity index (χ2v) is 4.43. The molecule has 0 heterocycles. The van der Waals surface area contributed by atoms with Crippen molar-refractivity contribution >= 4 is 0 Å². The molecule has 0 saturated heterocycles. The second-order valence-electron chi connectivity index (χ2n) is 4.43. The first-order valence-corrected chi connectivity index (χ1v) is 6.14. The topological polar surface area (TPSA) is 39.7 Å². The normalized spacial score (nSPS) is 13.8. The van der Waals surface area contributed by atoms with Crippen LogP contribution >= 0.6 is 0 Å². The summed E-state index contributed by atoms with van der Waals surface area (Å²) in [6, 6.07) is 5.62. The fraction of sp³-hybridized carbons (Fsp3) is 0.571. The lowest BCUT2D eigenvalue weighted by Gasteiger charge is -2.30. The lowest BCUT2D eigenvalue weighted by Crippen LogP contribution is -2.41. The van der Waals surface area contributed by atoms with Gasteiger partial charge in [0.15, 0.2) is 11.5 Å². The summed E-state index contributed by atoms with van der Waals surface area (Å²) in [6.45, 7) is 4.92. The summed E-state index contributed by atoms with van der Waals surface area (Å²) in [7, 11) is 5.17. The average molecular weight is 253 g/mol. The highest BCUT2D eigenvalue weighted by molar-refractivity contribution is 5.51. The summed E-state index contributed by atoms with van der Waals surface area (Å²) in [5, 5.41) is 3.15. The summed E-state index contributed by atoms with van der Waals surface area (Å²) in [5.74, 6) is 2.03. The average Bonchev–Trinajstić information content (AvgIpc) is 2.39. The van der Waals surface area contributed by atoms with E-state index in [4.69, 9.17) is 14.2 Å². The minimum Gasteiger partial charge on any atom is -0.493 e. The zero-order chi connectivity index (χ0) is 13.6. The first-order chi connectivity index (χ1) is 8.60. The van der Waals surface area contributed by atoms with E-state index in [2.05, 4.69) is 19.2 Å². The fourth-order valence-electron chi connectivity index (χ4n) is 1.77. The van der Waals surface area contributed by atoms with Crippen LogP contribution in [0.4, 0.5) is 0 Å². The molecule has 102 valence electrons. The standard InChI is InChI=1S/C14H23NO3/c1-6-14(2,10-15-3)18-13-11(16-4)8-7-9-12(13)17-5/h7-9,15H,6,10H2,1-5H3. The first kappa shape index (κ1) is 14.6. The molecule has 1 atom stereocenters. The fourth-order valence-corrected chi connectivity index (χ4v) is 1.77. The van der Waals surface area contributed by atoms with Gasteiger partial charge in [0.25, 0.3) is 0 Å². The van der Waals surface area contributed by atoms with E-state index in [1.54, 1.807) is 14.2 Å².